The van der Waals surface area contributed by atoms with Crippen LogP contribution >= 0.6 is 11.8 Å². The molecule has 0 aromatic heterocycles. The lowest BCUT2D eigenvalue weighted by Gasteiger charge is -2.22. The number of hydrogen-bond donors (Lipinski definition) is 1. The van der Waals surface area contributed by atoms with Crippen LogP contribution in [0.15, 0.2) is 0 Å². The maximum Gasteiger partial charge on any atom is 0.0701 e. The summed E-state index contributed by atoms with van der Waals surface area (Å²) >= 11 is 1.73. The Kier molecular flexibility index (Phi) is 2.22. The van der Waals surface area contributed by atoms with Gasteiger partial charge >= 0.3 is 0 Å². The number of nitriles is 1. The lowest BCUT2D eigenvalue weighted by atomic mass is 9.85. The van der Waals surface area contributed by atoms with Gasteiger partial charge in [0.25, 0.3) is 0 Å². The Hall–Kier alpha value is -0.200. The van der Waals surface area contributed by atoms with Crippen LogP contribution in [-0.4, -0.2) is 22.7 Å². The Labute approximate surface area is 65.2 Å². The van der Waals surface area contributed by atoms with Crippen molar-refractivity contribution in [3.63, 3.8) is 0 Å². The lowest BCUT2D eigenvalue weighted by molar-refractivity contribution is 0.0863. The molecule has 56 valence electrons. The molecule has 0 aromatic carbocycles. The number of aliphatic hydroxyl groups is 1. The van der Waals surface area contributed by atoms with Crippen LogP contribution in [0.4, 0.5) is 0 Å². The van der Waals surface area contributed by atoms with Gasteiger partial charge in [-0.1, -0.05) is 6.92 Å². The van der Waals surface area contributed by atoms with Gasteiger partial charge in [0.05, 0.1) is 12.2 Å². The Morgan fingerprint density at radius 2 is 2.60 bits per heavy atom. The molecule has 1 fully saturated rings. The second-order valence-electron chi connectivity index (χ2n) is 3.02. The molecule has 0 bridgehead atoms. The van der Waals surface area contributed by atoms with Gasteiger partial charge in [-0.05, 0) is 0 Å². The predicted octanol–water partition coefficient (Wildman–Crippen LogP) is 1.01. The SMILES string of the molecule is C[C@]1(CC#N)CSC[C@H]1O. The third-order valence-corrected chi connectivity index (χ3v) is 3.41. The first-order valence-corrected chi connectivity index (χ1v) is 4.47. The zero-order valence-corrected chi connectivity index (χ0v) is 6.82. The van der Waals surface area contributed by atoms with Crippen LogP contribution in [0.5, 0.6) is 0 Å². The molecule has 1 aliphatic rings. The maximum atomic E-state index is 9.41. The van der Waals surface area contributed by atoms with Crippen LogP contribution in [0.1, 0.15) is 13.3 Å². The molecule has 0 saturated carbocycles. The normalized spacial score (nSPS) is 39.5. The number of nitrogens with zero attached hydrogens (tertiary/aromatic N) is 1. The first-order chi connectivity index (χ1) is 4.69. The second-order valence-corrected chi connectivity index (χ2v) is 4.05. The third-order valence-electron chi connectivity index (χ3n) is 1.99. The highest BCUT2D eigenvalue weighted by molar-refractivity contribution is 7.99. The van der Waals surface area contributed by atoms with Gasteiger partial charge < -0.3 is 5.11 Å². The molecule has 0 amide bonds. The van der Waals surface area contributed by atoms with Gasteiger partial charge in [0.15, 0.2) is 0 Å². The topological polar surface area (TPSA) is 44.0 Å². The molecule has 10 heavy (non-hydrogen) atoms. The van der Waals surface area contributed by atoms with E-state index >= 15 is 0 Å². The predicted molar refractivity (Wildman–Crippen MR) is 41.7 cm³/mol. The van der Waals surface area contributed by atoms with Crippen LogP contribution in [0.2, 0.25) is 0 Å². The molecule has 2 nitrogen and oxygen atoms in total. The molecule has 0 aromatic rings. The average molecular weight is 157 g/mol. The first-order valence-electron chi connectivity index (χ1n) is 3.32. The smallest absolute Gasteiger partial charge is 0.0701 e. The van der Waals surface area contributed by atoms with Crippen molar-refractivity contribution in [3.05, 3.63) is 0 Å². The number of thioether (sulfide) groups is 1. The fraction of sp³-hybridized carbons (Fsp3) is 0.857. The Bertz CT molecular complexity index is 165. The molecule has 2 atom stereocenters. The summed E-state index contributed by atoms with van der Waals surface area (Å²) in [5, 5.41) is 17.8. The summed E-state index contributed by atoms with van der Waals surface area (Å²) in [7, 11) is 0. The van der Waals surface area contributed by atoms with Gasteiger partial charge in [-0.2, -0.15) is 17.0 Å². The standard InChI is InChI=1S/C7H11NOS/c1-7(2-3-8)5-10-4-6(7)9/h6,9H,2,4-5H2,1H3/t6-,7+/m1/s1. The highest BCUT2D eigenvalue weighted by Gasteiger charge is 2.37. The van der Waals surface area contributed by atoms with E-state index in [2.05, 4.69) is 6.07 Å². The van der Waals surface area contributed by atoms with Crippen LogP contribution in [-0.2, 0) is 0 Å². The maximum absolute atomic E-state index is 9.41. The van der Waals surface area contributed by atoms with Crippen LogP contribution in [0, 0.1) is 16.7 Å². The van der Waals surface area contributed by atoms with E-state index < -0.39 is 0 Å². The van der Waals surface area contributed by atoms with Crippen LogP contribution in [0.3, 0.4) is 0 Å². The Morgan fingerprint density at radius 1 is 1.90 bits per heavy atom. The third kappa shape index (κ3) is 1.28. The summed E-state index contributed by atoms with van der Waals surface area (Å²) in [6.07, 6.45) is 0.193. The van der Waals surface area contributed by atoms with E-state index in [1.165, 1.54) is 0 Å². The fourth-order valence-electron chi connectivity index (χ4n) is 1.05. The van der Waals surface area contributed by atoms with Crippen molar-refractivity contribution >= 4 is 11.8 Å². The van der Waals surface area contributed by atoms with Crippen molar-refractivity contribution in [2.75, 3.05) is 11.5 Å². The fourth-order valence-corrected chi connectivity index (χ4v) is 2.55. The number of hydrogen-bond acceptors (Lipinski definition) is 3. The molecule has 1 heterocycles. The van der Waals surface area contributed by atoms with Crippen LogP contribution in [0.25, 0.3) is 0 Å². The molecule has 3 heteroatoms. The largest absolute Gasteiger partial charge is 0.392 e. The highest BCUT2D eigenvalue weighted by atomic mass is 32.2. The lowest BCUT2D eigenvalue weighted by Crippen LogP contribution is -2.29. The average Bonchev–Trinajstić information content (AvgIpc) is 2.15. The molecule has 0 aliphatic carbocycles. The van der Waals surface area contributed by atoms with Crippen molar-refractivity contribution < 1.29 is 5.11 Å². The quantitative estimate of drug-likeness (QED) is 0.618. The molecule has 0 radical (unpaired) electrons. The summed E-state index contributed by atoms with van der Waals surface area (Å²) in [6, 6.07) is 2.11. The van der Waals surface area contributed by atoms with Gasteiger partial charge in [0.2, 0.25) is 0 Å². The summed E-state index contributed by atoms with van der Waals surface area (Å²) in [6.45, 7) is 1.97. The monoisotopic (exact) mass is 157 g/mol. The minimum Gasteiger partial charge on any atom is -0.392 e. The molecule has 0 spiro atoms. The van der Waals surface area contributed by atoms with Crippen molar-refractivity contribution in [1.82, 2.24) is 0 Å². The molecular weight excluding hydrogens is 146 g/mol. The van der Waals surface area contributed by atoms with E-state index in [0.29, 0.717) is 6.42 Å². The summed E-state index contributed by atoms with van der Waals surface area (Å²) in [5.41, 5.74) is -0.139. The highest BCUT2D eigenvalue weighted by Crippen LogP contribution is 2.38. The number of rotatable bonds is 1. The zero-order valence-electron chi connectivity index (χ0n) is 6.00. The van der Waals surface area contributed by atoms with E-state index in [4.69, 9.17) is 5.26 Å². The molecule has 0 unspecified atom stereocenters. The van der Waals surface area contributed by atoms with Crippen molar-refractivity contribution in [2.45, 2.75) is 19.4 Å². The van der Waals surface area contributed by atoms with Gasteiger partial charge in [-0.25, -0.2) is 0 Å². The van der Waals surface area contributed by atoms with Gasteiger partial charge in [-0.3, -0.25) is 0 Å². The van der Waals surface area contributed by atoms with E-state index in [-0.39, 0.29) is 11.5 Å². The van der Waals surface area contributed by atoms with E-state index in [9.17, 15) is 5.11 Å². The van der Waals surface area contributed by atoms with E-state index in [1.807, 2.05) is 6.92 Å². The molecular formula is C7H11NOS. The minimum absolute atomic E-state index is 0.139. The van der Waals surface area contributed by atoms with Crippen LogP contribution < -0.4 is 0 Å². The molecule has 1 N–H and O–H groups in total. The van der Waals surface area contributed by atoms with Gasteiger partial charge in [0.1, 0.15) is 0 Å². The van der Waals surface area contributed by atoms with Gasteiger partial charge in [0, 0.05) is 23.3 Å². The molecule has 1 rings (SSSR count). The minimum atomic E-state index is -0.280. The summed E-state index contributed by atoms with van der Waals surface area (Å²) < 4.78 is 0. The van der Waals surface area contributed by atoms with Crippen molar-refractivity contribution in [2.24, 2.45) is 5.41 Å². The molecule has 1 aliphatic heterocycles. The Morgan fingerprint density at radius 3 is 3.00 bits per heavy atom. The second kappa shape index (κ2) is 2.81. The van der Waals surface area contributed by atoms with E-state index in [1.54, 1.807) is 11.8 Å². The van der Waals surface area contributed by atoms with Crippen molar-refractivity contribution in [3.8, 4) is 6.07 Å². The number of aliphatic hydroxyl groups excluding tert-OH is 1. The van der Waals surface area contributed by atoms with Gasteiger partial charge in [-0.15, -0.1) is 0 Å². The van der Waals surface area contributed by atoms with Crippen molar-refractivity contribution in [1.29, 1.82) is 5.26 Å². The summed E-state index contributed by atoms with van der Waals surface area (Å²) in [4.78, 5) is 0. The summed E-state index contributed by atoms with van der Waals surface area (Å²) in [5.74, 6) is 1.71. The van der Waals surface area contributed by atoms with E-state index in [0.717, 1.165) is 11.5 Å². The Balaban J connectivity index is 2.58. The zero-order chi connectivity index (χ0) is 7.61. The molecule has 1 saturated heterocycles. The first kappa shape index (κ1) is 7.90.